The highest BCUT2D eigenvalue weighted by atomic mass is 16.5. The van der Waals surface area contributed by atoms with Crippen molar-refractivity contribution in [2.45, 2.75) is 6.92 Å². The molecule has 0 fully saturated rings. The quantitative estimate of drug-likeness (QED) is 0.0720. The molecule has 0 atom stereocenters. The second kappa shape index (κ2) is 13.8. The largest absolute Gasteiger partial charge is 0.423 e. The molecule has 0 spiro atoms. The van der Waals surface area contributed by atoms with Crippen molar-refractivity contribution in [2.24, 2.45) is 5.10 Å². The maximum Gasteiger partial charge on any atom is 0.336 e. The van der Waals surface area contributed by atoms with Crippen molar-refractivity contribution >= 4 is 47.4 Å². The average molecular weight is 547 g/mol. The number of esters is 1. The Bertz CT molecular complexity index is 1600. The van der Waals surface area contributed by atoms with E-state index in [1.54, 1.807) is 54.6 Å². The number of amides is 3. The van der Waals surface area contributed by atoms with Gasteiger partial charge >= 0.3 is 17.8 Å². The van der Waals surface area contributed by atoms with E-state index < -0.39 is 23.7 Å². The van der Waals surface area contributed by atoms with Crippen LogP contribution >= 0.6 is 0 Å². The Kier molecular flexibility index (Phi) is 9.50. The first-order valence-corrected chi connectivity index (χ1v) is 12.5. The lowest BCUT2D eigenvalue weighted by atomic mass is 10.1. The molecule has 0 aliphatic heterocycles. The van der Waals surface area contributed by atoms with Gasteiger partial charge in [-0.25, -0.2) is 10.2 Å². The first kappa shape index (κ1) is 28.2. The second-order valence-electron chi connectivity index (χ2n) is 8.75. The zero-order chi connectivity index (χ0) is 29.0. The molecule has 0 saturated heterocycles. The summed E-state index contributed by atoms with van der Waals surface area (Å²) < 4.78 is 5.26. The summed E-state index contributed by atoms with van der Waals surface area (Å²) in [5.74, 6) is -2.65. The van der Waals surface area contributed by atoms with E-state index in [9.17, 15) is 19.2 Å². The van der Waals surface area contributed by atoms with E-state index >= 15 is 0 Å². The lowest BCUT2D eigenvalue weighted by Gasteiger charge is -2.11. The molecule has 9 nitrogen and oxygen atoms in total. The van der Waals surface area contributed by atoms with Crippen LogP contribution in [0.25, 0.3) is 6.08 Å². The fourth-order valence-electron chi connectivity index (χ4n) is 3.52. The average Bonchev–Trinajstić information content (AvgIpc) is 2.99. The molecule has 0 aromatic heterocycles. The summed E-state index contributed by atoms with van der Waals surface area (Å²) in [6, 6.07) is 29.4. The molecule has 9 heteroatoms. The number of anilines is 2. The number of aryl methyl sites for hydroxylation is 1. The fourth-order valence-corrected chi connectivity index (χ4v) is 3.52. The number of carbonyl (C=O) groups excluding carboxylic acids is 4. The van der Waals surface area contributed by atoms with Gasteiger partial charge in [-0.1, -0.05) is 60.2 Å². The van der Waals surface area contributed by atoms with Crippen molar-refractivity contribution in [3.8, 4) is 5.75 Å². The second-order valence-corrected chi connectivity index (χ2v) is 8.75. The van der Waals surface area contributed by atoms with Gasteiger partial charge in [0.15, 0.2) is 0 Å². The minimum Gasteiger partial charge on any atom is -0.423 e. The number of ether oxygens (including phenoxy) is 1. The van der Waals surface area contributed by atoms with Crippen molar-refractivity contribution in [2.75, 3.05) is 10.6 Å². The molecule has 0 bridgehead atoms. The number of hydrazone groups is 1. The van der Waals surface area contributed by atoms with Gasteiger partial charge in [-0.3, -0.25) is 14.4 Å². The van der Waals surface area contributed by atoms with E-state index in [1.807, 2.05) is 49.4 Å². The van der Waals surface area contributed by atoms with Crippen LogP contribution in [0, 0.1) is 6.92 Å². The van der Waals surface area contributed by atoms with Gasteiger partial charge in [0.05, 0.1) is 17.5 Å². The maximum atomic E-state index is 12.8. The van der Waals surface area contributed by atoms with E-state index in [2.05, 4.69) is 21.2 Å². The standard InChI is InChI=1S/C32H26N4O5/c1-22-11-16-25(17-12-22)34-30(38)27-9-5-6-10-28(27)35-31(39)32(40)36-33-21-24-13-18-26(19-14-24)41-29(37)20-15-23-7-3-2-4-8-23/h2-21H,1H3,(H,34,38)(H,35,39)(H,36,40). The Morgan fingerprint density at radius 1 is 0.707 bits per heavy atom. The van der Waals surface area contributed by atoms with Crippen LogP contribution in [0.2, 0.25) is 0 Å². The van der Waals surface area contributed by atoms with Crippen LogP contribution in [0.4, 0.5) is 11.4 Å². The zero-order valence-electron chi connectivity index (χ0n) is 22.0. The maximum absolute atomic E-state index is 12.8. The number of hydrogen-bond acceptors (Lipinski definition) is 6. The van der Waals surface area contributed by atoms with Gasteiger partial charge in [-0.15, -0.1) is 0 Å². The van der Waals surface area contributed by atoms with E-state index in [4.69, 9.17) is 4.74 Å². The lowest BCUT2D eigenvalue weighted by Crippen LogP contribution is -2.33. The predicted octanol–water partition coefficient (Wildman–Crippen LogP) is 4.95. The SMILES string of the molecule is Cc1ccc(NC(=O)c2ccccc2NC(=O)C(=O)NN=Cc2ccc(OC(=O)C=Cc3ccccc3)cc2)cc1. The van der Waals surface area contributed by atoms with E-state index in [1.165, 1.54) is 24.4 Å². The Balaban J connectivity index is 1.28. The van der Waals surface area contributed by atoms with Gasteiger partial charge in [0.25, 0.3) is 5.91 Å². The van der Waals surface area contributed by atoms with Crippen molar-refractivity contribution in [1.82, 2.24) is 5.43 Å². The molecule has 0 saturated carbocycles. The highest BCUT2D eigenvalue weighted by molar-refractivity contribution is 6.40. The van der Waals surface area contributed by atoms with E-state index in [0.29, 0.717) is 17.0 Å². The first-order chi connectivity index (χ1) is 19.9. The molecule has 4 aromatic rings. The van der Waals surface area contributed by atoms with Gasteiger partial charge in [-0.2, -0.15) is 5.10 Å². The number of nitrogens with zero attached hydrogens (tertiary/aromatic N) is 1. The monoisotopic (exact) mass is 546 g/mol. The summed E-state index contributed by atoms with van der Waals surface area (Å²) in [5, 5.41) is 9.00. The van der Waals surface area contributed by atoms with Crippen LogP contribution in [0.3, 0.4) is 0 Å². The van der Waals surface area contributed by atoms with Gasteiger partial charge in [0.1, 0.15) is 5.75 Å². The highest BCUT2D eigenvalue weighted by Gasteiger charge is 2.17. The minimum absolute atomic E-state index is 0.171. The first-order valence-electron chi connectivity index (χ1n) is 12.5. The Labute approximate surface area is 236 Å². The number of benzene rings is 4. The lowest BCUT2D eigenvalue weighted by molar-refractivity contribution is -0.136. The molecule has 3 N–H and O–H groups in total. The molecule has 4 rings (SSSR count). The Hall–Kier alpha value is -5.83. The zero-order valence-corrected chi connectivity index (χ0v) is 22.0. The Morgan fingerprint density at radius 3 is 2.12 bits per heavy atom. The topological polar surface area (TPSA) is 126 Å². The smallest absolute Gasteiger partial charge is 0.336 e. The van der Waals surface area contributed by atoms with Crippen LogP contribution in [0.1, 0.15) is 27.0 Å². The van der Waals surface area contributed by atoms with Crippen molar-refractivity contribution in [1.29, 1.82) is 0 Å². The number of hydrogen-bond donors (Lipinski definition) is 3. The van der Waals surface area contributed by atoms with Gasteiger partial charge < -0.3 is 15.4 Å². The van der Waals surface area contributed by atoms with Crippen LogP contribution < -0.4 is 20.8 Å². The van der Waals surface area contributed by atoms with Crippen LogP contribution in [0.5, 0.6) is 5.75 Å². The normalized spacial score (nSPS) is 10.8. The summed E-state index contributed by atoms with van der Waals surface area (Å²) in [6.45, 7) is 1.94. The summed E-state index contributed by atoms with van der Waals surface area (Å²) >= 11 is 0. The minimum atomic E-state index is -1.02. The van der Waals surface area contributed by atoms with Gasteiger partial charge in [0.2, 0.25) is 0 Å². The van der Waals surface area contributed by atoms with Crippen LogP contribution in [-0.4, -0.2) is 29.9 Å². The van der Waals surface area contributed by atoms with Crippen molar-refractivity contribution in [3.63, 3.8) is 0 Å². The summed E-state index contributed by atoms with van der Waals surface area (Å²) in [7, 11) is 0. The summed E-state index contributed by atoms with van der Waals surface area (Å²) in [4.78, 5) is 49.5. The molecule has 204 valence electrons. The predicted molar refractivity (Wildman–Crippen MR) is 157 cm³/mol. The number of rotatable bonds is 8. The van der Waals surface area contributed by atoms with Crippen LogP contribution in [0.15, 0.2) is 114 Å². The van der Waals surface area contributed by atoms with Gasteiger partial charge in [-0.05, 0) is 72.7 Å². The molecule has 0 aliphatic carbocycles. The highest BCUT2D eigenvalue weighted by Crippen LogP contribution is 2.18. The van der Waals surface area contributed by atoms with E-state index in [0.717, 1.165) is 11.1 Å². The molecule has 0 radical (unpaired) electrons. The third kappa shape index (κ3) is 8.59. The molecule has 0 aliphatic rings. The Morgan fingerprint density at radius 2 is 1.39 bits per heavy atom. The number of para-hydroxylation sites is 1. The van der Waals surface area contributed by atoms with Crippen LogP contribution in [-0.2, 0) is 14.4 Å². The molecule has 41 heavy (non-hydrogen) atoms. The number of carbonyl (C=O) groups is 4. The third-order valence-corrected chi connectivity index (χ3v) is 5.63. The van der Waals surface area contributed by atoms with Gasteiger partial charge in [0, 0.05) is 11.8 Å². The number of nitrogens with one attached hydrogen (secondary N) is 3. The molecule has 0 unspecified atom stereocenters. The molecule has 4 aromatic carbocycles. The molecular formula is C32H26N4O5. The van der Waals surface area contributed by atoms with Crippen molar-refractivity contribution < 1.29 is 23.9 Å². The summed E-state index contributed by atoms with van der Waals surface area (Å²) in [5.41, 5.74) is 5.62. The fraction of sp³-hybridized carbons (Fsp3) is 0.0312. The molecule has 0 heterocycles. The molecular weight excluding hydrogens is 520 g/mol. The third-order valence-electron chi connectivity index (χ3n) is 5.63. The van der Waals surface area contributed by atoms with E-state index in [-0.39, 0.29) is 11.3 Å². The van der Waals surface area contributed by atoms with Crippen molar-refractivity contribution in [3.05, 3.63) is 131 Å². The summed E-state index contributed by atoms with van der Waals surface area (Å²) in [6.07, 6.45) is 4.32. The molecule has 3 amide bonds.